The van der Waals surface area contributed by atoms with E-state index in [2.05, 4.69) is 15.1 Å². The molecule has 1 aliphatic heterocycles. The number of ether oxygens (including phenoxy) is 1. The molecule has 3 rings (SSSR count). The van der Waals surface area contributed by atoms with Gasteiger partial charge in [-0.2, -0.15) is 18.2 Å². The molecule has 1 saturated heterocycles. The number of halogens is 4. The first-order valence-corrected chi connectivity index (χ1v) is 8.02. The molecular formula is C16H19F3IN5O2. The lowest BCUT2D eigenvalue weighted by Crippen LogP contribution is -2.44. The monoisotopic (exact) mass is 497 g/mol. The Morgan fingerprint density at radius 2 is 2.00 bits per heavy atom. The smallest absolute Gasteiger partial charge is 0.378 e. The second-order valence-electron chi connectivity index (χ2n) is 5.78. The number of aliphatic imine (C=N–C) groups is 1. The van der Waals surface area contributed by atoms with Gasteiger partial charge in [0.2, 0.25) is 0 Å². The number of nitrogens with two attached hydrogens (primary N) is 1. The summed E-state index contributed by atoms with van der Waals surface area (Å²) in [5.74, 6) is 0.0765. The van der Waals surface area contributed by atoms with Gasteiger partial charge in [0, 0.05) is 18.7 Å². The second kappa shape index (κ2) is 9.35. The molecule has 0 saturated carbocycles. The van der Waals surface area contributed by atoms with Crippen molar-refractivity contribution in [2.24, 2.45) is 10.7 Å². The molecule has 1 aromatic carbocycles. The predicted molar refractivity (Wildman–Crippen MR) is 103 cm³/mol. The van der Waals surface area contributed by atoms with Crippen molar-refractivity contribution in [2.45, 2.75) is 19.1 Å². The average molecular weight is 497 g/mol. The molecule has 1 aliphatic rings. The van der Waals surface area contributed by atoms with Crippen LogP contribution in [0.25, 0.3) is 11.5 Å². The van der Waals surface area contributed by atoms with E-state index in [0.29, 0.717) is 44.4 Å². The number of aromatic nitrogens is 2. The van der Waals surface area contributed by atoms with Crippen LogP contribution in [-0.4, -0.2) is 53.5 Å². The molecule has 27 heavy (non-hydrogen) atoms. The van der Waals surface area contributed by atoms with Crippen LogP contribution in [-0.2, 0) is 17.7 Å². The van der Waals surface area contributed by atoms with Crippen molar-refractivity contribution < 1.29 is 22.4 Å². The number of alkyl halides is 3. The largest absolute Gasteiger partial charge is 0.396 e. The zero-order valence-electron chi connectivity index (χ0n) is 14.3. The van der Waals surface area contributed by atoms with E-state index in [-0.39, 0.29) is 29.9 Å². The van der Waals surface area contributed by atoms with Gasteiger partial charge in [0.05, 0.1) is 19.8 Å². The summed E-state index contributed by atoms with van der Waals surface area (Å²) < 4.78 is 47.4. The molecule has 1 aromatic heterocycles. The number of rotatable bonds is 4. The lowest BCUT2D eigenvalue weighted by atomic mass is 10.1. The maximum Gasteiger partial charge on any atom is 0.396 e. The fourth-order valence-electron chi connectivity index (χ4n) is 2.49. The maximum absolute atomic E-state index is 12.4. The van der Waals surface area contributed by atoms with Gasteiger partial charge in [-0.1, -0.05) is 17.3 Å². The average Bonchev–Trinajstić information content (AvgIpc) is 3.07. The Labute approximate surface area is 170 Å². The third kappa shape index (κ3) is 6.34. The van der Waals surface area contributed by atoms with E-state index in [4.69, 9.17) is 15.0 Å². The van der Waals surface area contributed by atoms with Gasteiger partial charge in [-0.05, 0) is 17.7 Å². The summed E-state index contributed by atoms with van der Waals surface area (Å²) in [6.45, 7) is 2.95. The topological polar surface area (TPSA) is 89.8 Å². The fraction of sp³-hybridized carbons (Fsp3) is 0.438. The van der Waals surface area contributed by atoms with E-state index in [1.54, 1.807) is 18.2 Å². The van der Waals surface area contributed by atoms with Crippen LogP contribution in [0.15, 0.2) is 33.8 Å². The minimum Gasteiger partial charge on any atom is -0.378 e. The van der Waals surface area contributed by atoms with Crippen LogP contribution in [0.4, 0.5) is 13.2 Å². The van der Waals surface area contributed by atoms with Gasteiger partial charge >= 0.3 is 6.18 Å². The number of nitrogens with zero attached hydrogens (tertiary/aromatic N) is 4. The molecule has 0 spiro atoms. The van der Waals surface area contributed by atoms with Crippen molar-refractivity contribution in [2.75, 3.05) is 26.3 Å². The van der Waals surface area contributed by atoms with Crippen LogP contribution in [0, 0.1) is 0 Å². The Balaban J connectivity index is 0.00000261. The lowest BCUT2D eigenvalue weighted by Gasteiger charge is -2.27. The molecule has 0 amide bonds. The zero-order chi connectivity index (χ0) is 18.6. The highest BCUT2D eigenvalue weighted by Crippen LogP contribution is 2.23. The summed E-state index contributed by atoms with van der Waals surface area (Å²) in [7, 11) is 0. The van der Waals surface area contributed by atoms with Gasteiger partial charge in [0.25, 0.3) is 5.89 Å². The van der Waals surface area contributed by atoms with E-state index in [1.165, 1.54) is 0 Å². The minimum atomic E-state index is -4.38. The quantitative estimate of drug-likeness (QED) is 0.397. The van der Waals surface area contributed by atoms with Crippen molar-refractivity contribution in [3.63, 3.8) is 0 Å². The summed E-state index contributed by atoms with van der Waals surface area (Å²) >= 11 is 0. The van der Waals surface area contributed by atoms with Gasteiger partial charge in [-0.25, -0.2) is 4.99 Å². The highest BCUT2D eigenvalue weighted by Gasteiger charge is 2.30. The molecule has 0 radical (unpaired) electrons. The number of hydrogen-bond acceptors (Lipinski definition) is 5. The zero-order valence-corrected chi connectivity index (χ0v) is 16.6. The number of benzene rings is 1. The van der Waals surface area contributed by atoms with Crippen molar-refractivity contribution >= 4 is 29.9 Å². The summed E-state index contributed by atoms with van der Waals surface area (Å²) in [5.41, 5.74) is 7.34. The van der Waals surface area contributed by atoms with E-state index >= 15 is 0 Å². The summed E-state index contributed by atoms with van der Waals surface area (Å²) in [6.07, 6.45) is -5.61. The second-order valence-corrected chi connectivity index (χ2v) is 5.78. The van der Waals surface area contributed by atoms with Crippen molar-refractivity contribution in [1.29, 1.82) is 0 Å². The molecule has 7 nitrogen and oxygen atoms in total. The minimum absolute atomic E-state index is 0. The van der Waals surface area contributed by atoms with Crippen LogP contribution in [0.2, 0.25) is 0 Å². The number of morpholine rings is 1. The van der Waals surface area contributed by atoms with Gasteiger partial charge in [-0.15, -0.1) is 24.0 Å². The molecule has 0 atom stereocenters. The third-order valence-electron chi connectivity index (χ3n) is 3.76. The van der Waals surface area contributed by atoms with E-state index < -0.39 is 18.4 Å². The van der Waals surface area contributed by atoms with Crippen LogP contribution in [0.5, 0.6) is 0 Å². The van der Waals surface area contributed by atoms with Crippen LogP contribution < -0.4 is 5.73 Å². The highest BCUT2D eigenvalue weighted by atomic mass is 127. The Morgan fingerprint density at radius 3 is 2.70 bits per heavy atom. The first-order valence-electron chi connectivity index (χ1n) is 8.02. The Hall–Kier alpha value is -1.89. The van der Waals surface area contributed by atoms with E-state index in [9.17, 15) is 13.2 Å². The normalized spacial score (nSPS) is 15.5. The lowest BCUT2D eigenvalue weighted by molar-refractivity contribution is -0.128. The molecule has 1 fully saturated rings. The molecule has 0 unspecified atom stereocenters. The number of hydrogen-bond donors (Lipinski definition) is 1. The molecule has 2 heterocycles. The maximum atomic E-state index is 12.4. The highest BCUT2D eigenvalue weighted by molar-refractivity contribution is 14.0. The molecule has 0 bridgehead atoms. The van der Waals surface area contributed by atoms with Gasteiger partial charge < -0.3 is 19.9 Å². The molecule has 2 aromatic rings. The third-order valence-corrected chi connectivity index (χ3v) is 3.76. The number of guanidine groups is 1. The van der Waals surface area contributed by atoms with E-state index in [0.717, 1.165) is 5.56 Å². The molecule has 0 aliphatic carbocycles. The Morgan fingerprint density at radius 1 is 1.26 bits per heavy atom. The molecular weight excluding hydrogens is 478 g/mol. The molecule has 11 heteroatoms. The first kappa shape index (κ1) is 21.4. The Kier molecular flexibility index (Phi) is 7.41. The van der Waals surface area contributed by atoms with Crippen LogP contribution in [0.1, 0.15) is 11.4 Å². The fourth-order valence-corrected chi connectivity index (χ4v) is 2.49. The SMILES string of the molecule is I.NC(=NCc1cccc(-c2nc(CC(F)(F)F)no2)c1)N1CCOCC1. The van der Waals surface area contributed by atoms with Crippen molar-refractivity contribution in [3.8, 4) is 11.5 Å². The van der Waals surface area contributed by atoms with Crippen LogP contribution in [0.3, 0.4) is 0 Å². The van der Waals surface area contributed by atoms with Gasteiger partial charge in [-0.3, -0.25) is 0 Å². The summed E-state index contributed by atoms with van der Waals surface area (Å²) in [6, 6.07) is 7.01. The van der Waals surface area contributed by atoms with Gasteiger partial charge in [0.1, 0.15) is 6.42 Å². The van der Waals surface area contributed by atoms with Crippen molar-refractivity contribution in [3.05, 3.63) is 35.7 Å². The predicted octanol–water partition coefficient (Wildman–Crippen LogP) is 2.61. The first-order chi connectivity index (χ1) is 12.4. The summed E-state index contributed by atoms with van der Waals surface area (Å²) in [5, 5.41) is 3.37. The van der Waals surface area contributed by atoms with E-state index in [1.807, 2.05) is 11.0 Å². The molecule has 148 valence electrons. The van der Waals surface area contributed by atoms with Crippen LogP contribution >= 0.6 is 24.0 Å². The Bertz CT molecular complexity index is 775. The molecule has 2 N–H and O–H groups in total. The van der Waals surface area contributed by atoms with Crippen molar-refractivity contribution in [1.82, 2.24) is 15.0 Å². The summed E-state index contributed by atoms with van der Waals surface area (Å²) in [4.78, 5) is 10.1. The van der Waals surface area contributed by atoms with Gasteiger partial charge in [0.15, 0.2) is 11.8 Å². The standard InChI is InChI=1S/C16H18F3N5O2.HI/c17-16(18,19)9-13-22-14(26-23-13)12-3-1-2-11(8-12)10-21-15(20)24-4-6-25-7-5-24;/h1-3,8H,4-7,9-10H2,(H2,20,21);1H.